The number of nitrogens with zero attached hydrogens (tertiary/aromatic N) is 1. The Kier molecular flexibility index (Phi) is 3.06. The molecule has 1 N–H and O–H groups in total. The molecule has 0 fully saturated rings. The molecule has 0 aliphatic heterocycles. The summed E-state index contributed by atoms with van der Waals surface area (Å²) in [5.41, 5.74) is 3.78. The topological polar surface area (TPSA) is 46.3 Å². The molecule has 0 bridgehead atoms. The van der Waals surface area contributed by atoms with Crippen molar-refractivity contribution in [3.05, 3.63) is 41.2 Å². The van der Waals surface area contributed by atoms with Crippen molar-refractivity contribution in [2.45, 2.75) is 26.9 Å². The van der Waals surface area contributed by atoms with Gasteiger partial charge in [-0.2, -0.15) is 0 Å². The van der Waals surface area contributed by atoms with Gasteiger partial charge in [0.05, 0.1) is 6.61 Å². The van der Waals surface area contributed by atoms with Crippen molar-refractivity contribution in [1.29, 1.82) is 0 Å². The lowest BCUT2D eigenvalue weighted by atomic mass is 10.0. The molecule has 0 unspecified atom stereocenters. The molecular formula is C13H15NO2. The third-order valence-corrected chi connectivity index (χ3v) is 2.78. The van der Waals surface area contributed by atoms with Crippen LogP contribution in [0.2, 0.25) is 0 Å². The molecule has 2 rings (SSSR count). The summed E-state index contributed by atoms with van der Waals surface area (Å²) in [6.45, 7) is 3.89. The Balaban J connectivity index is 2.42. The highest BCUT2D eigenvalue weighted by molar-refractivity contribution is 5.63. The van der Waals surface area contributed by atoms with Gasteiger partial charge in [0.15, 0.2) is 0 Å². The summed E-state index contributed by atoms with van der Waals surface area (Å²) in [7, 11) is 0. The second-order valence-corrected chi connectivity index (χ2v) is 3.77. The molecule has 0 saturated carbocycles. The second-order valence-electron chi connectivity index (χ2n) is 3.77. The molecule has 2 aromatic rings. The van der Waals surface area contributed by atoms with E-state index in [1.165, 1.54) is 5.56 Å². The van der Waals surface area contributed by atoms with E-state index in [-0.39, 0.29) is 6.61 Å². The van der Waals surface area contributed by atoms with E-state index < -0.39 is 0 Å². The predicted molar refractivity (Wildman–Crippen MR) is 62.0 cm³/mol. The normalized spacial score (nSPS) is 10.7. The van der Waals surface area contributed by atoms with Crippen molar-refractivity contribution < 1.29 is 9.63 Å². The summed E-state index contributed by atoms with van der Waals surface area (Å²) in [5, 5.41) is 13.2. The van der Waals surface area contributed by atoms with E-state index in [1.807, 2.05) is 19.1 Å². The smallest absolute Gasteiger partial charge is 0.139 e. The molecule has 1 aromatic heterocycles. The lowest BCUT2D eigenvalue weighted by molar-refractivity contribution is 0.278. The Morgan fingerprint density at radius 1 is 1.25 bits per heavy atom. The van der Waals surface area contributed by atoms with E-state index in [2.05, 4.69) is 24.2 Å². The highest BCUT2D eigenvalue weighted by atomic mass is 16.5. The fourth-order valence-electron chi connectivity index (χ4n) is 1.70. The zero-order chi connectivity index (χ0) is 11.5. The zero-order valence-corrected chi connectivity index (χ0v) is 9.53. The summed E-state index contributed by atoms with van der Waals surface area (Å²) >= 11 is 0. The summed E-state index contributed by atoms with van der Waals surface area (Å²) in [6, 6.07) is 8.16. The Morgan fingerprint density at radius 2 is 1.94 bits per heavy atom. The van der Waals surface area contributed by atoms with Gasteiger partial charge in [0.1, 0.15) is 11.5 Å². The molecule has 3 nitrogen and oxygen atoms in total. The Bertz CT molecular complexity index is 471. The minimum Gasteiger partial charge on any atom is -0.391 e. The van der Waals surface area contributed by atoms with Gasteiger partial charge in [-0.15, -0.1) is 0 Å². The summed E-state index contributed by atoms with van der Waals surface area (Å²) in [6.07, 6.45) is 1.02. The van der Waals surface area contributed by atoms with Crippen LogP contribution in [0.3, 0.4) is 0 Å². The van der Waals surface area contributed by atoms with Gasteiger partial charge in [0.25, 0.3) is 0 Å². The van der Waals surface area contributed by atoms with E-state index in [1.54, 1.807) is 0 Å². The minimum atomic E-state index is -0.0415. The first-order chi connectivity index (χ1) is 7.76. The largest absolute Gasteiger partial charge is 0.391 e. The van der Waals surface area contributed by atoms with Crippen molar-refractivity contribution in [2.24, 2.45) is 0 Å². The first-order valence-corrected chi connectivity index (χ1v) is 5.41. The van der Waals surface area contributed by atoms with Gasteiger partial charge in [0.2, 0.25) is 0 Å². The number of aliphatic hydroxyl groups is 1. The van der Waals surface area contributed by atoms with Gasteiger partial charge < -0.3 is 9.63 Å². The molecule has 16 heavy (non-hydrogen) atoms. The average Bonchev–Trinajstić information content (AvgIpc) is 2.70. The number of rotatable bonds is 3. The molecule has 1 heterocycles. The Labute approximate surface area is 94.7 Å². The molecule has 3 heteroatoms. The number of hydrogen-bond donors (Lipinski definition) is 1. The maximum absolute atomic E-state index is 9.25. The first kappa shape index (κ1) is 10.9. The van der Waals surface area contributed by atoms with E-state index in [0.29, 0.717) is 5.76 Å². The third kappa shape index (κ3) is 1.86. The summed E-state index contributed by atoms with van der Waals surface area (Å²) in [4.78, 5) is 0. The predicted octanol–water partition coefficient (Wildman–Crippen LogP) is 2.70. The van der Waals surface area contributed by atoms with Crippen LogP contribution < -0.4 is 0 Å². The van der Waals surface area contributed by atoms with Crippen LogP contribution in [0.15, 0.2) is 28.8 Å². The highest BCUT2D eigenvalue weighted by Gasteiger charge is 2.13. The van der Waals surface area contributed by atoms with Crippen LogP contribution in [0.25, 0.3) is 11.3 Å². The van der Waals surface area contributed by atoms with Crippen molar-refractivity contribution in [3.63, 3.8) is 0 Å². The first-order valence-electron chi connectivity index (χ1n) is 5.41. The molecular weight excluding hydrogens is 202 g/mol. The molecule has 0 aliphatic carbocycles. The molecule has 0 atom stereocenters. The van der Waals surface area contributed by atoms with Crippen LogP contribution in [-0.2, 0) is 13.0 Å². The number of hydrogen-bond acceptors (Lipinski definition) is 3. The number of aryl methyl sites for hydroxylation is 2. The van der Waals surface area contributed by atoms with Crippen LogP contribution in [-0.4, -0.2) is 10.3 Å². The van der Waals surface area contributed by atoms with Gasteiger partial charge in [-0.25, -0.2) is 0 Å². The lowest BCUT2D eigenvalue weighted by Crippen LogP contribution is -1.88. The number of aliphatic hydroxyl groups excluding tert-OH is 1. The molecule has 84 valence electrons. The van der Waals surface area contributed by atoms with E-state index in [9.17, 15) is 5.11 Å². The Morgan fingerprint density at radius 3 is 2.50 bits per heavy atom. The van der Waals surface area contributed by atoms with Crippen molar-refractivity contribution >= 4 is 0 Å². The molecule has 0 saturated heterocycles. The summed E-state index contributed by atoms with van der Waals surface area (Å²) < 4.78 is 5.09. The van der Waals surface area contributed by atoms with Gasteiger partial charge in [-0.05, 0) is 18.9 Å². The van der Waals surface area contributed by atoms with Crippen LogP contribution in [0.5, 0.6) is 0 Å². The lowest BCUT2D eigenvalue weighted by Gasteiger charge is -2.01. The van der Waals surface area contributed by atoms with Crippen molar-refractivity contribution in [2.75, 3.05) is 0 Å². The molecule has 0 aliphatic rings. The van der Waals surface area contributed by atoms with Gasteiger partial charge in [0, 0.05) is 11.1 Å². The minimum absolute atomic E-state index is 0.0415. The van der Waals surface area contributed by atoms with E-state index >= 15 is 0 Å². The van der Waals surface area contributed by atoms with Gasteiger partial charge in [-0.1, -0.05) is 36.3 Å². The fraction of sp³-hybridized carbons (Fsp3) is 0.308. The maximum Gasteiger partial charge on any atom is 0.139 e. The Hall–Kier alpha value is -1.61. The van der Waals surface area contributed by atoms with E-state index in [4.69, 9.17) is 4.52 Å². The van der Waals surface area contributed by atoms with Gasteiger partial charge in [-0.3, -0.25) is 0 Å². The zero-order valence-electron chi connectivity index (χ0n) is 9.53. The monoisotopic (exact) mass is 217 g/mol. The van der Waals surface area contributed by atoms with E-state index in [0.717, 1.165) is 23.2 Å². The van der Waals surface area contributed by atoms with Crippen molar-refractivity contribution in [1.82, 2.24) is 5.16 Å². The standard InChI is InChI=1S/C13H15NO2/c1-3-10-4-6-11(7-5-10)13-12(8-15)9(2)16-14-13/h4-7,15H,3,8H2,1-2H3. The van der Waals surface area contributed by atoms with Crippen LogP contribution in [0.1, 0.15) is 23.8 Å². The van der Waals surface area contributed by atoms with Crippen LogP contribution >= 0.6 is 0 Å². The molecule has 0 radical (unpaired) electrons. The van der Waals surface area contributed by atoms with Crippen molar-refractivity contribution in [3.8, 4) is 11.3 Å². The molecule has 0 amide bonds. The maximum atomic E-state index is 9.25. The highest BCUT2D eigenvalue weighted by Crippen LogP contribution is 2.25. The molecule has 0 spiro atoms. The molecule has 1 aromatic carbocycles. The third-order valence-electron chi connectivity index (χ3n) is 2.78. The summed E-state index contributed by atoms with van der Waals surface area (Å²) in [5.74, 6) is 0.678. The number of benzene rings is 1. The van der Waals surface area contributed by atoms with Crippen LogP contribution in [0.4, 0.5) is 0 Å². The second kappa shape index (κ2) is 4.49. The number of aromatic nitrogens is 1. The fourth-order valence-corrected chi connectivity index (χ4v) is 1.70. The SMILES string of the molecule is CCc1ccc(-c2noc(C)c2CO)cc1. The quantitative estimate of drug-likeness (QED) is 0.859. The average molecular weight is 217 g/mol. The van der Waals surface area contributed by atoms with Crippen LogP contribution in [0, 0.1) is 6.92 Å². The van der Waals surface area contributed by atoms with Gasteiger partial charge >= 0.3 is 0 Å².